The molecular weight excluding hydrogens is 163 g/mol. The van der Waals surface area contributed by atoms with E-state index in [1.54, 1.807) is 13.8 Å². The fraction of sp³-hybridized carbons (Fsp3) is 1.00. The van der Waals surface area contributed by atoms with Crippen LogP contribution in [0.15, 0.2) is 0 Å². The highest BCUT2D eigenvalue weighted by Crippen LogP contribution is 1.94. The second kappa shape index (κ2) is 8.96. The Bertz CT molecular complexity index is 84.0. The van der Waals surface area contributed by atoms with E-state index in [1.807, 2.05) is 6.92 Å². The zero-order valence-electron chi connectivity index (χ0n) is 7.74. The van der Waals surface area contributed by atoms with Gasteiger partial charge in [0.15, 0.2) is 0 Å². The molecule has 0 spiro atoms. The lowest BCUT2D eigenvalue weighted by molar-refractivity contribution is -0.297. The van der Waals surface area contributed by atoms with E-state index in [-0.39, 0.29) is 0 Å². The van der Waals surface area contributed by atoms with Crippen molar-refractivity contribution < 1.29 is 24.0 Å². The maximum atomic E-state index is 4.95. The van der Waals surface area contributed by atoms with Crippen LogP contribution < -0.4 is 0 Å². The van der Waals surface area contributed by atoms with Gasteiger partial charge in [0.1, 0.15) is 0 Å². The van der Waals surface area contributed by atoms with Crippen LogP contribution in [0.2, 0.25) is 0 Å². The summed E-state index contributed by atoms with van der Waals surface area (Å²) in [5.74, 6) is 0. The molecule has 0 unspecified atom stereocenters. The Labute approximate surface area is 72.9 Å². The predicted molar refractivity (Wildman–Crippen MR) is 42.8 cm³/mol. The van der Waals surface area contributed by atoms with E-state index >= 15 is 0 Å². The van der Waals surface area contributed by atoms with Gasteiger partial charge in [0.05, 0.1) is 13.2 Å². The van der Waals surface area contributed by atoms with Crippen LogP contribution in [0.5, 0.6) is 0 Å². The van der Waals surface area contributed by atoms with E-state index in [4.69, 9.17) is 4.65 Å². The summed E-state index contributed by atoms with van der Waals surface area (Å²) in [5.41, 5.74) is 0. The van der Waals surface area contributed by atoms with Crippen molar-refractivity contribution in [1.29, 1.82) is 0 Å². The van der Waals surface area contributed by atoms with E-state index in [0.717, 1.165) is 0 Å². The molecule has 0 saturated carbocycles. The Hall–Kier alpha value is -0.135. The van der Waals surface area contributed by atoms with Crippen molar-refractivity contribution in [3.8, 4) is 0 Å². The Morgan fingerprint density at radius 1 is 0.833 bits per heavy atom. The van der Waals surface area contributed by atoms with Gasteiger partial charge in [0, 0.05) is 6.61 Å². The molecule has 6 heteroatoms. The molecule has 0 N–H and O–H groups in total. The molecular formula is C6H15BO5. The third kappa shape index (κ3) is 6.57. The van der Waals surface area contributed by atoms with Crippen molar-refractivity contribution in [2.75, 3.05) is 19.8 Å². The van der Waals surface area contributed by atoms with Gasteiger partial charge in [-0.15, -0.1) is 0 Å². The first-order valence-electron chi connectivity index (χ1n) is 4.03. The van der Waals surface area contributed by atoms with Gasteiger partial charge in [-0.1, -0.05) is 0 Å². The summed E-state index contributed by atoms with van der Waals surface area (Å²) in [6.45, 7) is 6.73. The monoisotopic (exact) mass is 178 g/mol. The molecule has 0 aromatic heterocycles. The first kappa shape index (κ1) is 11.9. The molecule has 5 nitrogen and oxygen atoms in total. The quantitative estimate of drug-likeness (QED) is 0.314. The summed E-state index contributed by atoms with van der Waals surface area (Å²) >= 11 is 0. The first-order valence-corrected chi connectivity index (χ1v) is 4.03. The number of hydrogen-bond acceptors (Lipinski definition) is 5. The molecule has 12 heavy (non-hydrogen) atoms. The molecule has 0 atom stereocenters. The van der Waals surface area contributed by atoms with Crippen molar-refractivity contribution in [1.82, 2.24) is 0 Å². The first-order chi connectivity index (χ1) is 5.85. The molecule has 72 valence electrons. The topological polar surface area (TPSA) is 46.2 Å². The van der Waals surface area contributed by atoms with Crippen molar-refractivity contribution >= 4 is 7.32 Å². The van der Waals surface area contributed by atoms with Gasteiger partial charge in [-0.3, -0.25) is 0 Å². The highest BCUT2D eigenvalue weighted by molar-refractivity contribution is 6.35. The Kier molecular flexibility index (Phi) is 8.86. The molecule has 0 rings (SSSR count). The molecule has 0 aromatic carbocycles. The van der Waals surface area contributed by atoms with E-state index in [1.165, 1.54) is 0 Å². The fourth-order valence-corrected chi connectivity index (χ4v) is 0.455. The lowest BCUT2D eigenvalue weighted by Gasteiger charge is -2.09. The largest absolute Gasteiger partial charge is 0.696 e. The molecule has 0 aliphatic heterocycles. The lowest BCUT2D eigenvalue weighted by atomic mass is 10.2. The average molecular weight is 178 g/mol. The van der Waals surface area contributed by atoms with Crippen LogP contribution in [0, 0.1) is 0 Å². The Balaban J connectivity index is 3.40. The Morgan fingerprint density at radius 3 is 1.67 bits per heavy atom. The van der Waals surface area contributed by atoms with Gasteiger partial charge in [-0.2, -0.15) is 0 Å². The van der Waals surface area contributed by atoms with Crippen LogP contribution in [0.4, 0.5) is 0 Å². The second-order valence-electron chi connectivity index (χ2n) is 1.75. The summed E-state index contributed by atoms with van der Waals surface area (Å²) in [7, 11) is -0.908. The minimum Gasteiger partial charge on any atom is -0.383 e. The van der Waals surface area contributed by atoms with Crippen LogP contribution in [-0.2, 0) is 24.0 Å². The van der Waals surface area contributed by atoms with E-state index < -0.39 is 7.32 Å². The van der Waals surface area contributed by atoms with Gasteiger partial charge in [-0.25, -0.2) is 19.4 Å². The number of hydrogen-bond donors (Lipinski definition) is 0. The Morgan fingerprint density at radius 2 is 1.33 bits per heavy atom. The molecule has 0 aliphatic carbocycles. The van der Waals surface area contributed by atoms with Gasteiger partial charge in [-0.05, 0) is 20.8 Å². The normalized spacial score (nSPS) is 10.2. The fourth-order valence-electron chi connectivity index (χ4n) is 0.455. The van der Waals surface area contributed by atoms with Crippen molar-refractivity contribution in [3.05, 3.63) is 0 Å². The highest BCUT2D eigenvalue weighted by Gasteiger charge is 2.23. The zero-order valence-corrected chi connectivity index (χ0v) is 7.74. The summed E-state index contributed by atoms with van der Waals surface area (Å²) < 4.78 is 4.95. The summed E-state index contributed by atoms with van der Waals surface area (Å²) in [4.78, 5) is 18.6. The van der Waals surface area contributed by atoms with Crippen LogP contribution >= 0.6 is 0 Å². The summed E-state index contributed by atoms with van der Waals surface area (Å²) in [6.07, 6.45) is 0. The SMILES string of the molecule is CCOOB(OCC)OOCC. The van der Waals surface area contributed by atoms with Gasteiger partial charge < -0.3 is 4.65 Å². The maximum absolute atomic E-state index is 4.95. The van der Waals surface area contributed by atoms with Crippen molar-refractivity contribution in [2.24, 2.45) is 0 Å². The lowest BCUT2D eigenvalue weighted by Crippen LogP contribution is -2.27. The standard InChI is InChI=1S/C6H15BO5/c1-4-8-7(11-9-5-2)12-10-6-3/h4-6H2,1-3H3. The predicted octanol–water partition coefficient (Wildman–Crippen LogP) is 0.944. The summed E-state index contributed by atoms with van der Waals surface area (Å²) in [5, 5.41) is 0. The molecule has 0 radical (unpaired) electrons. The van der Waals surface area contributed by atoms with Gasteiger partial charge >= 0.3 is 7.32 Å². The summed E-state index contributed by atoms with van der Waals surface area (Å²) in [6, 6.07) is 0. The minimum absolute atomic E-state index is 0.430. The highest BCUT2D eigenvalue weighted by atomic mass is 17.3. The minimum atomic E-state index is -0.908. The van der Waals surface area contributed by atoms with E-state index in [9.17, 15) is 0 Å². The van der Waals surface area contributed by atoms with Crippen LogP contribution in [-0.4, -0.2) is 27.1 Å². The molecule has 0 fully saturated rings. The van der Waals surface area contributed by atoms with Gasteiger partial charge in [0.2, 0.25) is 0 Å². The third-order valence-electron chi connectivity index (χ3n) is 0.832. The van der Waals surface area contributed by atoms with E-state index in [0.29, 0.717) is 19.8 Å². The van der Waals surface area contributed by atoms with E-state index in [2.05, 4.69) is 19.4 Å². The molecule has 0 saturated heterocycles. The third-order valence-corrected chi connectivity index (χ3v) is 0.832. The van der Waals surface area contributed by atoms with Crippen molar-refractivity contribution in [2.45, 2.75) is 20.8 Å². The molecule has 0 bridgehead atoms. The maximum Gasteiger partial charge on any atom is 0.696 e. The van der Waals surface area contributed by atoms with Crippen molar-refractivity contribution in [3.63, 3.8) is 0 Å². The smallest absolute Gasteiger partial charge is 0.383 e. The van der Waals surface area contributed by atoms with Gasteiger partial charge in [0.25, 0.3) is 0 Å². The number of rotatable bonds is 8. The second-order valence-corrected chi connectivity index (χ2v) is 1.75. The average Bonchev–Trinajstić information content (AvgIpc) is 2.10. The van der Waals surface area contributed by atoms with Crippen LogP contribution in [0.3, 0.4) is 0 Å². The van der Waals surface area contributed by atoms with Crippen LogP contribution in [0.25, 0.3) is 0 Å². The molecule has 0 amide bonds. The molecule has 0 aromatic rings. The van der Waals surface area contributed by atoms with Crippen LogP contribution in [0.1, 0.15) is 20.8 Å². The molecule has 0 aliphatic rings. The molecule has 0 heterocycles. The zero-order chi connectivity index (χ0) is 9.23.